The number of anilines is 1. The monoisotopic (exact) mass is 332 g/mol. The SMILES string of the molecule is CNc1ccc(Cl)c(C(=O)N2CCCCC2c2ccnn2C)c1. The van der Waals surface area contributed by atoms with Gasteiger partial charge in [-0.05, 0) is 43.5 Å². The van der Waals surface area contributed by atoms with Gasteiger partial charge in [-0.2, -0.15) is 5.10 Å². The lowest BCUT2D eigenvalue weighted by Gasteiger charge is -2.36. The molecule has 1 aromatic carbocycles. The normalized spacial score (nSPS) is 18.0. The van der Waals surface area contributed by atoms with Gasteiger partial charge < -0.3 is 10.2 Å². The van der Waals surface area contributed by atoms with Crippen molar-refractivity contribution in [1.82, 2.24) is 14.7 Å². The molecule has 1 atom stereocenters. The van der Waals surface area contributed by atoms with E-state index in [2.05, 4.69) is 10.4 Å². The minimum absolute atomic E-state index is 0.0157. The molecule has 1 fully saturated rings. The summed E-state index contributed by atoms with van der Waals surface area (Å²) in [6.07, 6.45) is 4.86. The van der Waals surface area contributed by atoms with E-state index in [1.807, 2.05) is 41.9 Å². The predicted molar refractivity (Wildman–Crippen MR) is 91.8 cm³/mol. The van der Waals surface area contributed by atoms with Gasteiger partial charge in [0.15, 0.2) is 0 Å². The third-order valence-electron chi connectivity index (χ3n) is 4.45. The van der Waals surface area contributed by atoms with Crippen LogP contribution in [0.4, 0.5) is 5.69 Å². The number of piperidine rings is 1. The highest BCUT2D eigenvalue weighted by Crippen LogP contribution is 2.33. The van der Waals surface area contributed by atoms with Gasteiger partial charge in [-0.1, -0.05) is 11.6 Å². The Bertz CT molecular complexity index is 712. The maximum absolute atomic E-state index is 13.1. The quantitative estimate of drug-likeness (QED) is 0.936. The molecule has 1 amide bonds. The number of nitrogens with one attached hydrogen (secondary N) is 1. The minimum atomic E-state index is -0.0157. The first kappa shape index (κ1) is 15.9. The van der Waals surface area contributed by atoms with E-state index >= 15 is 0 Å². The molecule has 1 unspecified atom stereocenters. The van der Waals surface area contributed by atoms with Crippen LogP contribution in [0.5, 0.6) is 0 Å². The third kappa shape index (κ3) is 3.06. The number of benzene rings is 1. The highest BCUT2D eigenvalue weighted by Gasteiger charge is 2.31. The largest absolute Gasteiger partial charge is 0.388 e. The number of amides is 1. The number of likely N-dealkylation sites (tertiary alicyclic amines) is 1. The first-order valence-corrected chi connectivity index (χ1v) is 8.26. The zero-order valence-corrected chi connectivity index (χ0v) is 14.2. The number of aryl methyl sites for hydroxylation is 1. The van der Waals surface area contributed by atoms with Crippen molar-refractivity contribution in [3.63, 3.8) is 0 Å². The summed E-state index contributed by atoms with van der Waals surface area (Å²) in [5, 5.41) is 7.79. The maximum Gasteiger partial charge on any atom is 0.256 e. The van der Waals surface area contributed by atoms with Gasteiger partial charge in [0, 0.05) is 32.5 Å². The van der Waals surface area contributed by atoms with Crippen molar-refractivity contribution >= 4 is 23.2 Å². The topological polar surface area (TPSA) is 50.2 Å². The number of hydrogen-bond donors (Lipinski definition) is 1. The van der Waals surface area contributed by atoms with Gasteiger partial charge >= 0.3 is 0 Å². The van der Waals surface area contributed by atoms with Gasteiger partial charge in [0.05, 0.1) is 22.3 Å². The molecule has 1 saturated heterocycles. The summed E-state index contributed by atoms with van der Waals surface area (Å²) >= 11 is 6.28. The number of nitrogens with zero attached hydrogens (tertiary/aromatic N) is 3. The summed E-state index contributed by atoms with van der Waals surface area (Å²) < 4.78 is 1.85. The molecule has 5 nitrogen and oxygen atoms in total. The summed E-state index contributed by atoms with van der Waals surface area (Å²) in [5.74, 6) is -0.0157. The predicted octanol–water partition coefficient (Wildman–Crippen LogP) is 3.48. The molecule has 1 aliphatic heterocycles. The second-order valence-electron chi connectivity index (χ2n) is 5.83. The standard InChI is InChI=1S/C17H21ClN4O/c1-19-12-6-7-14(18)13(11-12)17(23)22-10-4-3-5-16(22)15-8-9-20-21(15)2/h6-9,11,16,19H,3-5,10H2,1-2H3. The van der Waals surface area contributed by atoms with Crippen molar-refractivity contribution in [2.24, 2.45) is 7.05 Å². The fourth-order valence-electron chi connectivity index (χ4n) is 3.19. The number of carbonyl (C=O) groups excluding carboxylic acids is 1. The molecule has 0 radical (unpaired) electrons. The van der Waals surface area contributed by atoms with Crippen molar-refractivity contribution in [1.29, 1.82) is 0 Å². The Hall–Kier alpha value is -2.01. The first-order chi connectivity index (χ1) is 11.1. The zero-order chi connectivity index (χ0) is 16.4. The van der Waals surface area contributed by atoms with Crippen molar-refractivity contribution in [2.45, 2.75) is 25.3 Å². The fourth-order valence-corrected chi connectivity index (χ4v) is 3.39. The van der Waals surface area contributed by atoms with E-state index in [-0.39, 0.29) is 11.9 Å². The Morgan fingerprint density at radius 2 is 2.17 bits per heavy atom. The van der Waals surface area contributed by atoms with Crippen LogP contribution in [0.15, 0.2) is 30.5 Å². The van der Waals surface area contributed by atoms with Crippen LogP contribution in [-0.2, 0) is 7.05 Å². The first-order valence-electron chi connectivity index (χ1n) is 7.88. The molecule has 2 aromatic rings. The van der Waals surface area contributed by atoms with E-state index in [0.29, 0.717) is 10.6 Å². The summed E-state index contributed by atoms with van der Waals surface area (Å²) in [6.45, 7) is 0.745. The maximum atomic E-state index is 13.1. The Kier molecular flexibility index (Phi) is 4.57. The lowest BCUT2D eigenvalue weighted by atomic mass is 9.98. The minimum Gasteiger partial charge on any atom is -0.388 e. The number of hydrogen-bond acceptors (Lipinski definition) is 3. The average Bonchev–Trinajstić information content (AvgIpc) is 3.00. The van der Waals surface area contributed by atoms with Gasteiger partial charge in [0.1, 0.15) is 0 Å². The Labute approximate surface area is 141 Å². The molecule has 6 heteroatoms. The van der Waals surface area contributed by atoms with Crippen LogP contribution in [0.3, 0.4) is 0 Å². The second kappa shape index (κ2) is 6.62. The molecule has 1 N–H and O–H groups in total. The number of halogens is 1. The van der Waals surface area contributed by atoms with Crippen molar-refractivity contribution in [2.75, 3.05) is 18.9 Å². The molecule has 0 spiro atoms. The average molecular weight is 333 g/mol. The van der Waals surface area contributed by atoms with Crippen molar-refractivity contribution in [3.05, 3.63) is 46.7 Å². The van der Waals surface area contributed by atoms with Crippen LogP contribution in [0.2, 0.25) is 5.02 Å². The zero-order valence-electron chi connectivity index (χ0n) is 13.4. The molecular formula is C17H21ClN4O. The van der Waals surface area contributed by atoms with Gasteiger partial charge in [-0.25, -0.2) is 0 Å². The molecule has 0 aliphatic carbocycles. The van der Waals surface area contributed by atoms with Gasteiger partial charge in [0.2, 0.25) is 0 Å². The smallest absolute Gasteiger partial charge is 0.256 e. The van der Waals surface area contributed by atoms with E-state index < -0.39 is 0 Å². The van der Waals surface area contributed by atoms with Gasteiger partial charge in [0.25, 0.3) is 5.91 Å². The molecule has 2 heterocycles. The molecule has 3 rings (SSSR count). The lowest BCUT2D eigenvalue weighted by Crippen LogP contribution is -2.39. The van der Waals surface area contributed by atoms with Crippen molar-refractivity contribution < 1.29 is 4.79 Å². The summed E-state index contributed by atoms with van der Waals surface area (Å²) in [5.41, 5.74) is 2.50. The molecule has 122 valence electrons. The van der Waals surface area contributed by atoms with Crippen LogP contribution in [-0.4, -0.2) is 34.2 Å². The number of aromatic nitrogens is 2. The highest BCUT2D eigenvalue weighted by molar-refractivity contribution is 6.34. The highest BCUT2D eigenvalue weighted by atomic mass is 35.5. The van der Waals surface area contributed by atoms with E-state index in [0.717, 1.165) is 37.2 Å². The third-order valence-corrected chi connectivity index (χ3v) is 4.78. The fraction of sp³-hybridized carbons (Fsp3) is 0.412. The van der Waals surface area contributed by atoms with E-state index in [1.165, 1.54) is 0 Å². The van der Waals surface area contributed by atoms with E-state index in [4.69, 9.17) is 11.6 Å². The van der Waals surface area contributed by atoms with Crippen LogP contribution >= 0.6 is 11.6 Å². The van der Waals surface area contributed by atoms with Crippen molar-refractivity contribution in [3.8, 4) is 0 Å². The van der Waals surface area contributed by atoms with Crippen LogP contribution in [0.25, 0.3) is 0 Å². The molecule has 1 aliphatic rings. The molecule has 23 heavy (non-hydrogen) atoms. The second-order valence-corrected chi connectivity index (χ2v) is 6.24. The molecule has 0 bridgehead atoms. The summed E-state index contributed by atoms with van der Waals surface area (Å²) in [7, 11) is 3.75. The van der Waals surface area contributed by atoms with Gasteiger partial charge in [-0.3, -0.25) is 9.48 Å². The molecule has 1 aromatic heterocycles. The van der Waals surface area contributed by atoms with Crippen LogP contribution in [0, 0.1) is 0 Å². The number of rotatable bonds is 3. The lowest BCUT2D eigenvalue weighted by molar-refractivity contribution is 0.0601. The Balaban J connectivity index is 1.95. The summed E-state index contributed by atoms with van der Waals surface area (Å²) in [6, 6.07) is 7.50. The summed E-state index contributed by atoms with van der Waals surface area (Å²) in [4.78, 5) is 15.0. The van der Waals surface area contributed by atoms with E-state index in [1.54, 1.807) is 12.3 Å². The van der Waals surface area contributed by atoms with Gasteiger partial charge in [-0.15, -0.1) is 0 Å². The Morgan fingerprint density at radius 3 is 2.87 bits per heavy atom. The van der Waals surface area contributed by atoms with Crippen LogP contribution in [0.1, 0.15) is 41.4 Å². The van der Waals surface area contributed by atoms with Crippen LogP contribution < -0.4 is 5.32 Å². The van der Waals surface area contributed by atoms with E-state index in [9.17, 15) is 4.79 Å². The molecule has 0 saturated carbocycles. The Morgan fingerprint density at radius 1 is 1.35 bits per heavy atom. The number of carbonyl (C=O) groups is 1. The molecular weight excluding hydrogens is 312 g/mol.